The number of Topliss-reactive ketones (excluding diaryl/α,β-unsaturated/α-hetero) is 1. The number of hydrogen-bond donors (Lipinski definition) is 1. The minimum atomic E-state index is -0.333. The summed E-state index contributed by atoms with van der Waals surface area (Å²) in [5.74, 6) is 0.228. The molecular weight excluding hydrogens is 186 g/mol. The Morgan fingerprint density at radius 1 is 1.40 bits per heavy atom. The van der Waals surface area contributed by atoms with E-state index in [-0.39, 0.29) is 17.2 Å². The van der Waals surface area contributed by atoms with Crippen LogP contribution in [0.15, 0.2) is 30.3 Å². The molecule has 0 aliphatic heterocycles. The number of carbonyl (C=O) groups excluding carboxylic acids is 1. The first-order valence-corrected chi connectivity index (χ1v) is 5.46. The quantitative estimate of drug-likeness (QED) is 0.812. The predicted molar refractivity (Wildman–Crippen MR) is 60.5 cm³/mol. The van der Waals surface area contributed by atoms with Gasteiger partial charge in [-0.15, -0.1) is 0 Å². The van der Waals surface area contributed by atoms with E-state index in [0.717, 1.165) is 18.4 Å². The fourth-order valence-corrected chi connectivity index (χ4v) is 1.84. The molecule has 2 rings (SSSR count). The number of benzene rings is 1. The molecule has 0 radical (unpaired) electrons. The molecule has 2 N–H and O–H groups in total. The molecule has 1 aromatic carbocycles. The van der Waals surface area contributed by atoms with Crippen molar-refractivity contribution in [3.05, 3.63) is 35.9 Å². The smallest absolute Gasteiger partial charge is 0.155 e. The second kappa shape index (κ2) is 3.78. The lowest BCUT2D eigenvalue weighted by Gasteiger charge is -2.14. The maximum absolute atomic E-state index is 11.9. The van der Waals surface area contributed by atoms with Crippen LogP contribution in [0.25, 0.3) is 0 Å². The van der Waals surface area contributed by atoms with Crippen molar-refractivity contribution in [2.24, 2.45) is 11.1 Å². The first kappa shape index (κ1) is 10.4. The van der Waals surface area contributed by atoms with E-state index in [1.807, 2.05) is 37.3 Å². The van der Waals surface area contributed by atoms with E-state index in [2.05, 4.69) is 0 Å². The fraction of sp³-hybridized carbons (Fsp3) is 0.462. The molecular formula is C13H17NO. The summed E-state index contributed by atoms with van der Waals surface area (Å²) in [5, 5.41) is 0. The van der Waals surface area contributed by atoms with Gasteiger partial charge in [0.1, 0.15) is 0 Å². The van der Waals surface area contributed by atoms with Crippen LogP contribution < -0.4 is 5.73 Å². The summed E-state index contributed by atoms with van der Waals surface area (Å²) >= 11 is 0. The fourth-order valence-electron chi connectivity index (χ4n) is 1.84. The molecule has 1 fully saturated rings. The molecule has 1 atom stereocenters. The lowest BCUT2D eigenvalue weighted by atomic mass is 9.93. The summed E-state index contributed by atoms with van der Waals surface area (Å²) in [6.07, 6.45) is 2.68. The minimum Gasteiger partial charge on any atom is -0.321 e. The Morgan fingerprint density at radius 2 is 2.00 bits per heavy atom. The normalized spacial score (nSPS) is 19.6. The topological polar surface area (TPSA) is 43.1 Å². The van der Waals surface area contributed by atoms with Crippen LogP contribution in [0, 0.1) is 5.41 Å². The molecule has 80 valence electrons. The van der Waals surface area contributed by atoms with E-state index in [9.17, 15) is 4.79 Å². The van der Waals surface area contributed by atoms with Gasteiger partial charge >= 0.3 is 0 Å². The van der Waals surface area contributed by atoms with Crippen LogP contribution in [0.2, 0.25) is 0 Å². The molecule has 0 spiro atoms. The zero-order valence-corrected chi connectivity index (χ0v) is 9.07. The summed E-state index contributed by atoms with van der Waals surface area (Å²) in [5.41, 5.74) is 6.96. The van der Waals surface area contributed by atoms with E-state index < -0.39 is 0 Å². The molecule has 2 heteroatoms. The average molecular weight is 203 g/mol. The Labute approximate surface area is 90.5 Å². The molecule has 1 aromatic rings. The largest absolute Gasteiger partial charge is 0.321 e. The summed E-state index contributed by atoms with van der Waals surface area (Å²) < 4.78 is 0. The van der Waals surface area contributed by atoms with Gasteiger partial charge < -0.3 is 5.73 Å². The lowest BCUT2D eigenvalue weighted by Crippen LogP contribution is -2.37. The minimum absolute atomic E-state index is 0.103. The Bertz CT molecular complexity index is 354. The Balaban J connectivity index is 1.98. The molecule has 0 amide bonds. The van der Waals surface area contributed by atoms with Gasteiger partial charge in [0.05, 0.1) is 6.04 Å². The maximum atomic E-state index is 11.9. The second-order valence-corrected chi connectivity index (χ2v) is 4.72. The van der Waals surface area contributed by atoms with Crippen molar-refractivity contribution in [3.8, 4) is 0 Å². The molecule has 0 aromatic heterocycles. The molecule has 15 heavy (non-hydrogen) atoms. The van der Waals surface area contributed by atoms with E-state index in [1.54, 1.807) is 0 Å². The van der Waals surface area contributed by atoms with Crippen LogP contribution in [0.1, 0.15) is 25.3 Å². The summed E-state index contributed by atoms with van der Waals surface area (Å²) in [7, 11) is 0. The van der Waals surface area contributed by atoms with Crippen molar-refractivity contribution in [2.45, 2.75) is 32.2 Å². The van der Waals surface area contributed by atoms with Crippen LogP contribution in [0.5, 0.6) is 0 Å². The zero-order chi connectivity index (χ0) is 10.9. The highest BCUT2D eigenvalue weighted by molar-refractivity contribution is 5.91. The summed E-state index contributed by atoms with van der Waals surface area (Å²) in [6, 6.07) is 9.63. The molecule has 0 saturated heterocycles. The Kier molecular flexibility index (Phi) is 2.61. The molecule has 0 bridgehead atoms. The number of carbonyl (C=O) groups is 1. The van der Waals surface area contributed by atoms with E-state index in [1.165, 1.54) is 0 Å². The van der Waals surface area contributed by atoms with Gasteiger partial charge in [-0.3, -0.25) is 4.79 Å². The first-order chi connectivity index (χ1) is 7.12. The van der Waals surface area contributed by atoms with E-state index >= 15 is 0 Å². The van der Waals surface area contributed by atoms with Crippen LogP contribution in [-0.2, 0) is 11.2 Å². The van der Waals surface area contributed by atoms with Gasteiger partial charge in [0.15, 0.2) is 5.78 Å². The van der Waals surface area contributed by atoms with Gasteiger partial charge in [-0.2, -0.15) is 0 Å². The average Bonchev–Trinajstić information content (AvgIpc) is 2.98. The number of nitrogens with two attached hydrogens (primary N) is 1. The van der Waals surface area contributed by atoms with Crippen LogP contribution in [-0.4, -0.2) is 11.8 Å². The Morgan fingerprint density at radius 3 is 2.53 bits per heavy atom. The van der Waals surface area contributed by atoms with Gasteiger partial charge in [0, 0.05) is 5.41 Å². The first-order valence-electron chi connectivity index (χ1n) is 5.46. The highest BCUT2D eigenvalue weighted by Crippen LogP contribution is 2.46. The molecule has 0 heterocycles. The predicted octanol–water partition coefficient (Wildman–Crippen LogP) is 1.93. The SMILES string of the molecule is CC1(C(=O)C(N)Cc2ccccc2)CC1. The Hall–Kier alpha value is -1.15. The van der Waals surface area contributed by atoms with Gasteiger partial charge in [-0.05, 0) is 24.8 Å². The molecule has 1 aliphatic rings. The second-order valence-electron chi connectivity index (χ2n) is 4.72. The molecule has 1 aliphatic carbocycles. The summed E-state index contributed by atoms with van der Waals surface area (Å²) in [4.78, 5) is 11.9. The van der Waals surface area contributed by atoms with E-state index in [4.69, 9.17) is 5.73 Å². The third-order valence-electron chi connectivity index (χ3n) is 3.23. The van der Waals surface area contributed by atoms with Gasteiger partial charge in [-0.1, -0.05) is 37.3 Å². The standard InChI is InChI=1S/C13H17NO/c1-13(7-8-13)12(15)11(14)9-10-5-3-2-4-6-10/h2-6,11H,7-9,14H2,1H3. The lowest BCUT2D eigenvalue weighted by molar-refractivity contribution is -0.124. The van der Waals surface area contributed by atoms with Crippen LogP contribution in [0.4, 0.5) is 0 Å². The monoisotopic (exact) mass is 203 g/mol. The van der Waals surface area contributed by atoms with Crippen molar-refractivity contribution in [1.82, 2.24) is 0 Å². The maximum Gasteiger partial charge on any atom is 0.155 e. The van der Waals surface area contributed by atoms with E-state index in [0.29, 0.717) is 6.42 Å². The molecule has 2 nitrogen and oxygen atoms in total. The van der Waals surface area contributed by atoms with Crippen molar-refractivity contribution in [3.63, 3.8) is 0 Å². The van der Waals surface area contributed by atoms with Crippen molar-refractivity contribution in [2.75, 3.05) is 0 Å². The molecule has 1 saturated carbocycles. The zero-order valence-electron chi connectivity index (χ0n) is 9.07. The van der Waals surface area contributed by atoms with Crippen LogP contribution >= 0.6 is 0 Å². The van der Waals surface area contributed by atoms with Crippen molar-refractivity contribution >= 4 is 5.78 Å². The number of hydrogen-bond acceptors (Lipinski definition) is 2. The third kappa shape index (κ3) is 2.26. The van der Waals surface area contributed by atoms with Gasteiger partial charge in [0.25, 0.3) is 0 Å². The highest BCUT2D eigenvalue weighted by atomic mass is 16.1. The molecule has 1 unspecified atom stereocenters. The van der Waals surface area contributed by atoms with Gasteiger partial charge in [0.2, 0.25) is 0 Å². The van der Waals surface area contributed by atoms with Crippen molar-refractivity contribution < 1.29 is 4.79 Å². The van der Waals surface area contributed by atoms with Crippen LogP contribution in [0.3, 0.4) is 0 Å². The summed E-state index contributed by atoms with van der Waals surface area (Å²) in [6.45, 7) is 2.01. The highest BCUT2D eigenvalue weighted by Gasteiger charge is 2.46. The van der Waals surface area contributed by atoms with Gasteiger partial charge in [-0.25, -0.2) is 0 Å². The number of rotatable bonds is 4. The number of ketones is 1. The third-order valence-corrected chi connectivity index (χ3v) is 3.23. The van der Waals surface area contributed by atoms with Crippen molar-refractivity contribution in [1.29, 1.82) is 0 Å².